The highest BCUT2D eigenvalue weighted by Crippen LogP contribution is 2.40. The molecule has 1 saturated heterocycles. The third kappa shape index (κ3) is 3.73. The van der Waals surface area contributed by atoms with Crippen molar-refractivity contribution in [3.63, 3.8) is 0 Å². The molecule has 0 aromatic carbocycles. The number of hydrogen-bond acceptors (Lipinski definition) is 9. The summed E-state index contributed by atoms with van der Waals surface area (Å²) < 4.78 is 26.6. The Kier molecular flexibility index (Phi) is 5.37. The number of hydrogen-bond donors (Lipinski definition) is 3. The smallest absolute Gasteiger partial charge is 0.351 e. The van der Waals surface area contributed by atoms with E-state index in [1.54, 1.807) is 6.07 Å². The number of fused-ring (bicyclic) bond motifs is 1. The predicted octanol–water partition coefficient (Wildman–Crippen LogP) is -0.302. The molecule has 4 heterocycles. The normalized spacial score (nSPS) is 27.5. The van der Waals surface area contributed by atoms with Crippen molar-refractivity contribution in [2.75, 3.05) is 37.0 Å². The molecule has 4 atom stereocenters. The third-order valence-corrected chi connectivity index (χ3v) is 5.36. The van der Waals surface area contributed by atoms with E-state index in [4.69, 9.17) is 9.47 Å². The van der Waals surface area contributed by atoms with E-state index >= 15 is 0 Å². The lowest BCUT2D eigenvalue weighted by Gasteiger charge is -2.26. The van der Waals surface area contributed by atoms with Gasteiger partial charge in [-0.25, -0.2) is 14.2 Å². The minimum atomic E-state index is -2.33. The van der Waals surface area contributed by atoms with Crippen molar-refractivity contribution >= 4 is 17.5 Å². The lowest BCUT2D eigenvalue weighted by molar-refractivity contribution is -0.0610. The van der Waals surface area contributed by atoms with Crippen molar-refractivity contribution in [1.82, 2.24) is 14.5 Å². The van der Waals surface area contributed by atoms with Gasteiger partial charge in [0.25, 0.3) is 5.91 Å². The van der Waals surface area contributed by atoms with Gasteiger partial charge in [-0.05, 0) is 19.1 Å². The first-order valence-corrected chi connectivity index (χ1v) is 9.60. The van der Waals surface area contributed by atoms with Gasteiger partial charge in [-0.3, -0.25) is 9.36 Å². The number of likely N-dealkylation sites (N-methyl/N-ethyl adjacent to an activating group) is 1. The van der Waals surface area contributed by atoms with E-state index in [-0.39, 0.29) is 11.4 Å². The average molecular weight is 435 g/mol. The van der Waals surface area contributed by atoms with Gasteiger partial charge in [0.1, 0.15) is 24.6 Å². The molecule has 2 unspecified atom stereocenters. The quantitative estimate of drug-likeness (QED) is 0.590. The van der Waals surface area contributed by atoms with Gasteiger partial charge in [-0.1, -0.05) is 0 Å². The van der Waals surface area contributed by atoms with E-state index in [1.807, 2.05) is 11.9 Å². The molecule has 4 rings (SSSR count). The number of halogens is 1. The van der Waals surface area contributed by atoms with Crippen LogP contribution in [0.5, 0.6) is 5.75 Å². The Morgan fingerprint density at radius 2 is 2.26 bits per heavy atom. The summed E-state index contributed by atoms with van der Waals surface area (Å²) >= 11 is 0. The van der Waals surface area contributed by atoms with Crippen molar-refractivity contribution in [2.45, 2.75) is 31.0 Å². The number of aliphatic hydroxyl groups is 2. The molecule has 2 aromatic rings. The number of pyridine rings is 1. The van der Waals surface area contributed by atoms with Gasteiger partial charge in [-0.15, -0.1) is 0 Å². The summed E-state index contributed by atoms with van der Waals surface area (Å²) in [6, 6.07) is 2.85. The molecule has 3 N–H and O–H groups in total. The summed E-state index contributed by atoms with van der Waals surface area (Å²) in [5.74, 6) is 0.486. The molecule has 1 fully saturated rings. The monoisotopic (exact) mass is 435 g/mol. The van der Waals surface area contributed by atoms with Gasteiger partial charge in [0, 0.05) is 19.4 Å². The van der Waals surface area contributed by atoms with E-state index in [1.165, 1.54) is 18.5 Å². The van der Waals surface area contributed by atoms with E-state index in [0.29, 0.717) is 24.7 Å². The van der Waals surface area contributed by atoms with Crippen molar-refractivity contribution in [3.8, 4) is 5.75 Å². The first-order valence-electron chi connectivity index (χ1n) is 9.60. The molecular formula is C19H22FN5O6. The SMILES string of the molecule is CN1CCOc2cc(C(=O)Nc3ccn(C4O[C@H](CO)[C@@H](O)C4(C)F)c(=O)n3)cnc21. The molecule has 0 aliphatic carbocycles. The first-order chi connectivity index (χ1) is 14.7. The third-order valence-electron chi connectivity index (χ3n) is 5.36. The van der Waals surface area contributed by atoms with Gasteiger partial charge in [0.15, 0.2) is 23.5 Å². The largest absolute Gasteiger partial charge is 0.488 e. The van der Waals surface area contributed by atoms with Crippen LogP contribution in [-0.4, -0.2) is 75.3 Å². The Labute approximate surface area is 176 Å². The summed E-state index contributed by atoms with van der Waals surface area (Å²) in [4.78, 5) is 34.9. The summed E-state index contributed by atoms with van der Waals surface area (Å²) in [6.07, 6.45) is -1.69. The zero-order valence-electron chi connectivity index (χ0n) is 16.9. The molecule has 0 spiro atoms. The van der Waals surface area contributed by atoms with Crippen molar-refractivity contribution in [3.05, 3.63) is 40.6 Å². The van der Waals surface area contributed by atoms with E-state index in [2.05, 4.69) is 15.3 Å². The number of carbonyl (C=O) groups is 1. The molecule has 1 amide bonds. The van der Waals surface area contributed by atoms with Crippen LogP contribution >= 0.6 is 0 Å². The zero-order chi connectivity index (χ0) is 22.3. The molecule has 31 heavy (non-hydrogen) atoms. The van der Waals surface area contributed by atoms with Gasteiger partial charge in [-0.2, -0.15) is 4.98 Å². The fourth-order valence-electron chi connectivity index (χ4n) is 3.57. The molecule has 2 aliphatic rings. The van der Waals surface area contributed by atoms with Crippen LogP contribution in [0.4, 0.5) is 16.0 Å². The Morgan fingerprint density at radius 1 is 1.48 bits per heavy atom. The predicted molar refractivity (Wildman–Crippen MR) is 106 cm³/mol. The fourth-order valence-corrected chi connectivity index (χ4v) is 3.57. The second-order valence-corrected chi connectivity index (χ2v) is 7.58. The minimum Gasteiger partial charge on any atom is -0.488 e. The highest BCUT2D eigenvalue weighted by atomic mass is 19.1. The van der Waals surface area contributed by atoms with Gasteiger partial charge in [0.05, 0.1) is 18.7 Å². The minimum absolute atomic E-state index is 0.0557. The Balaban J connectivity index is 1.53. The van der Waals surface area contributed by atoms with Crippen LogP contribution in [0.3, 0.4) is 0 Å². The van der Waals surface area contributed by atoms with Crippen LogP contribution in [0.25, 0.3) is 0 Å². The standard InChI is InChI=1S/C19H22FN5O6/c1-19(20)14(27)12(9-26)31-17(19)25-4-3-13(23-18(25)29)22-16(28)10-7-11-15(21-8-10)24(2)5-6-30-11/h3-4,7-8,12,14,17,26-27H,5-6,9H2,1-2H3,(H,22,23,28,29)/t12-,14-,17?,19?/m1/s1. The fraction of sp³-hybridized carbons (Fsp3) is 0.474. The molecule has 0 bridgehead atoms. The lowest BCUT2D eigenvalue weighted by atomic mass is 9.98. The second kappa shape index (κ2) is 7.87. The maximum absolute atomic E-state index is 14.9. The number of alkyl halides is 1. The number of nitrogens with one attached hydrogen (secondary N) is 1. The summed E-state index contributed by atoms with van der Waals surface area (Å²) in [5.41, 5.74) is -3.01. The van der Waals surface area contributed by atoms with Gasteiger partial charge in [0.2, 0.25) is 0 Å². The molecule has 0 saturated carbocycles. The highest BCUT2D eigenvalue weighted by Gasteiger charge is 2.55. The lowest BCUT2D eigenvalue weighted by Crippen LogP contribution is -2.42. The number of anilines is 2. The molecule has 11 nitrogen and oxygen atoms in total. The Morgan fingerprint density at radius 3 is 2.94 bits per heavy atom. The zero-order valence-corrected chi connectivity index (χ0v) is 16.9. The first kappa shape index (κ1) is 21.2. The molecule has 12 heteroatoms. The van der Waals surface area contributed by atoms with Crippen LogP contribution in [0.2, 0.25) is 0 Å². The molecular weight excluding hydrogens is 413 g/mol. The topological polar surface area (TPSA) is 139 Å². The van der Waals surface area contributed by atoms with Crippen LogP contribution in [0.1, 0.15) is 23.5 Å². The number of rotatable bonds is 4. The average Bonchev–Trinajstić information content (AvgIpc) is 2.97. The van der Waals surface area contributed by atoms with Crippen molar-refractivity contribution in [1.29, 1.82) is 0 Å². The van der Waals surface area contributed by atoms with Gasteiger partial charge >= 0.3 is 5.69 Å². The number of amides is 1. The summed E-state index contributed by atoms with van der Waals surface area (Å²) in [7, 11) is 1.87. The van der Waals surface area contributed by atoms with E-state index in [9.17, 15) is 24.2 Å². The van der Waals surface area contributed by atoms with E-state index < -0.39 is 42.3 Å². The molecule has 166 valence electrons. The van der Waals surface area contributed by atoms with Gasteiger partial charge < -0.3 is 29.9 Å². The molecule has 2 aromatic heterocycles. The maximum Gasteiger partial charge on any atom is 0.351 e. The van der Waals surface area contributed by atoms with Crippen molar-refractivity contribution in [2.24, 2.45) is 0 Å². The Hall–Kier alpha value is -3.09. The Bertz CT molecular complexity index is 1060. The van der Waals surface area contributed by atoms with Crippen LogP contribution in [-0.2, 0) is 4.74 Å². The summed E-state index contributed by atoms with van der Waals surface area (Å²) in [5, 5.41) is 21.7. The maximum atomic E-state index is 14.9. The summed E-state index contributed by atoms with van der Waals surface area (Å²) in [6.45, 7) is 1.62. The highest BCUT2D eigenvalue weighted by molar-refractivity contribution is 6.04. The number of ether oxygens (including phenoxy) is 2. The van der Waals surface area contributed by atoms with Crippen LogP contribution in [0, 0.1) is 0 Å². The number of carbonyl (C=O) groups excluding carboxylic acids is 1. The number of aliphatic hydroxyl groups excluding tert-OH is 2. The van der Waals surface area contributed by atoms with Crippen LogP contribution in [0.15, 0.2) is 29.3 Å². The van der Waals surface area contributed by atoms with E-state index in [0.717, 1.165) is 11.5 Å². The molecule has 0 radical (unpaired) electrons. The number of nitrogens with zero attached hydrogens (tertiary/aromatic N) is 4. The van der Waals surface area contributed by atoms with Crippen molar-refractivity contribution < 1.29 is 28.9 Å². The van der Waals surface area contributed by atoms with Crippen LogP contribution < -0.4 is 20.6 Å². The number of aromatic nitrogens is 3. The molecule has 2 aliphatic heterocycles. The second-order valence-electron chi connectivity index (χ2n) is 7.58.